The Hall–Kier alpha value is -0.760. The summed E-state index contributed by atoms with van der Waals surface area (Å²) in [4.78, 5) is 0. The minimum absolute atomic E-state index is 0.0574. The van der Waals surface area contributed by atoms with Gasteiger partial charge in [-0.3, -0.25) is 0 Å². The van der Waals surface area contributed by atoms with E-state index in [9.17, 15) is 5.11 Å². The summed E-state index contributed by atoms with van der Waals surface area (Å²) in [5.41, 5.74) is 1.27. The van der Waals surface area contributed by atoms with Gasteiger partial charge in [-0.1, -0.05) is 0 Å². The van der Waals surface area contributed by atoms with Crippen molar-refractivity contribution < 1.29 is 9.52 Å². The molecule has 1 aromatic heterocycles. The molecule has 2 nitrogen and oxygen atoms in total. The summed E-state index contributed by atoms with van der Waals surface area (Å²) in [6.07, 6.45) is 2.20. The van der Waals surface area contributed by atoms with E-state index in [-0.39, 0.29) is 12.0 Å². The molecule has 0 bridgehead atoms. The Morgan fingerprint density at radius 1 is 1.50 bits per heavy atom. The van der Waals surface area contributed by atoms with Gasteiger partial charge >= 0.3 is 0 Å². The molecule has 66 valence electrons. The molecular weight excluding hydrogens is 152 g/mol. The third-order valence-corrected chi connectivity index (χ3v) is 2.77. The molecule has 0 saturated heterocycles. The number of hydrogen-bond donors (Lipinski definition) is 1. The summed E-state index contributed by atoms with van der Waals surface area (Å²) in [7, 11) is 0. The average Bonchev–Trinajstić information content (AvgIpc) is 2.74. The van der Waals surface area contributed by atoms with Crippen LogP contribution in [0.1, 0.15) is 29.9 Å². The summed E-state index contributed by atoms with van der Waals surface area (Å²) in [6.45, 7) is 4.18. The van der Waals surface area contributed by atoms with Crippen molar-refractivity contribution in [3.05, 3.63) is 23.2 Å². The Balaban J connectivity index is 2.39. The van der Waals surface area contributed by atoms with Crippen LogP contribution in [-0.2, 0) is 5.41 Å². The molecule has 0 aliphatic heterocycles. The first-order chi connectivity index (χ1) is 5.68. The van der Waals surface area contributed by atoms with E-state index < -0.39 is 0 Å². The van der Waals surface area contributed by atoms with Crippen molar-refractivity contribution in [3.63, 3.8) is 0 Å². The first kappa shape index (κ1) is 7.87. The van der Waals surface area contributed by atoms with Crippen molar-refractivity contribution in [1.29, 1.82) is 0 Å². The van der Waals surface area contributed by atoms with Gasteiger partial charge in [-0.2, -0.15) is 0 Å². The second-order valence-electron chi connectivity index (χ2n) is 3.77. The van der Waals surface area contributed by atoms with Gasteiger partial charge in [0, 0.05) is 11.0 Å². The topological polar surface area (TPSA) is 33.4 Å². The van der Waals surface area contributed by atoms with Crippen molar-refractivity contribution in [3.8, 4) is 0 Å². The van der Waals surface area contributed by atoms with E-state index in [0.717, 1.165) is 24.4 Å². The molecule has 1 heterocycles. The predicted molar refractivity (Wildman–Crippen MR) is 46.2 cm³/mol. The molecule has 2 heteroatoms. The minimum atomic E-state index is 0.0574. The van der Waals surface area contributed by atoms with E-state index in [2.05, 4.69) is 6.07 Å². The van der Waals surface area contributed by atoms with Gasteiger partial charge in [0.2, 0.25) is 0 Å². The Morgan fingerprint density at radius 2 is 2.17 bits per heavy atom. The number of hydrogen-bond acceptors (Lipinski definition) is 2. The van der Waals surface area contributed by atoms with E-state index in [1.54, 1.807) is 0 Å². The first-order valence-electron chi connectivity index (χ1n) is 4.36. The summed E-state index contributed by atoms with van der Waals surface area (Å²) >= 11 is 0. The molecule has 0 radical (unpaired) electrons. The maximum atomic E-state index is 9.20. The zero-order valence-corrected chi connectivity index (χ0v) is 7.55. The van der Waals surface area contributed by atoms with Gasteiger partial charge in [0.05, 0.1) is 6.61 Å². The second kappa shape index (κ2) is 2.36. The molecule has 1 aliphatic carbocycles. The zero-order chi connectivity index (χ0) is 8.77. The highest BCUT2D eigenvalue weighted by atomic mass is 16.3. The van der Waals surface area contributed by atoms with Crippen molar-refractivity contribution in [2.24, 2.45) is 0 Å². The fourth-order valence-electron chi connectivity index (χ4n) is 1.82. The standard InChI is InChI=1S/C10H14O2/c1-7-5-9(8(2)12-7)10(6-11)3-4-10/h5,11H,3-4,6H2,1-2H3. The van der Waals surface area contributed by atoms with Gasteiger partial charge in [-0.25, -0.2) is 0 Å². The molecule has 1 aliphatic rings. The number of aliphatic hydroxyl groups excluding tert-OH is 1. The van der Waals surface area contributed by atoms with Crippen molar-refractivity contribution >= 4 is 0 Å². The molecule has 12 heavy (non-hydrogen) atoms. The van der Waals surface area contributed by atoms with Crippen LogP contribution in [0.2, 0.25) is 0 Å². The molecular formula is C10H14O2. The van der Waals surface area contributed by atoms with E-state index in [4.69, 9.17) is 4.42 Å². The monoisotopic (exact) mass is 166 g/mol. The largest absolute Gasteiger partial charge is 0.466 e. The molecule has 0 atom stereocenters. The number of furan rings is 1. The lowest BCUT2D eigenvalue weighted by atomic mass is 9.97. The van der Waals surface area contributed by atoms with Crippen molar-refractivity contribution in [2.75, 3.05) is 6.61 Å². The summed E-state index contributed by atoms with van der Waals surface area (Å²) < 4.78 is 5.43. The van der Waals surface area contributed by atoms with Gasteiger partial charge in [-0.15, -0.1) is 0 Å². The number of rotatable bonds is 2. The molecule has 1 aromatic rings. The lowest BCUT2D eigenvalue weighted by Gasteiger charge is -2.08. The van der Waals surface area contributed by atoms with Crippen molar-refractivity contribution in [2.45, 2.75) is 32.1 Å². The quantitative estimate of drug-likeness (QED) is 0.728. The van der Waals surface area contributed by atoms with Crippen LogP contribution >= 0.6 is 0 Å². The minimum Gasteiger partial charge on any atom is -0.466 e. The van der Waals surface area contributed by atoms with Gasteiger partial charge in [-0.05, 0) is 32.8 Å². The Labute approximate surface area is 72.2 Å². The van der Waals surface area contributed by atoms with Crippen LogP contribution in [0, 0.1) is 13.8 Å². The Morgan fingerprint density at radius 3 is 2.50 bits per heavy atom. The summed E-state index contributed by atoms with van der Waals surface area (Å²) in [5, 5.41) is 9.20. The maximum Gasteiger partial charge on any atom is 0.104 e. The highest BCUT2D eigenvalue weighted by Crippen LogP contribution is 2.49. The van der Waals surface area contributed by atoms with Crippen LogP contribution in [0.3, 0.4) is 0 Å². The van der Waals surface area contributed by atoms with Gasteiger partial charge in [0.1, 0.15) is 11.5 Å². The fraction of sp³-hybridized carbons (Fsp3) is 0.600. The number of aryl methyl sites for hydroxylation is 2. The molecule has 0 amide bonds. The second-order valence-corrected chi connectivity index (χ2v) is 3.77. The molecule has 0 spiro atoms. The van der Waals surface area contributed by atoms with E-state index in [1.165, 1.54) is 5.56 Å². The summed E-state index contributed by atoms with van der Waals surface area (Å²) in [5.74, 6) is 1.92. The van der Waals surface area contributed by atoms with Crippen LogP contribution in [-0.4, -0.2) is 11.7 Å². The van der Waals surface area contributed by atoms with Crippen LogP contribution in [0.15, 0.2) is 10.5 Å². The molecule has 0 aromatic carbocycles. The SMILES string of the molecule is Cc1cc(C2(CO)CC2)c(C)o1. The normalized spacial score (nSPS) is 19.6. The van der Waals surface area contributed by atoms with E-state index in [1.807, 2.05) is 13.8 Å². The number of aliphatic hydroxyl groups is 1. The van der Waals surface area contributed by atoms with Gasteiger partial charge < -0.3 is 9.52 Å². The molecule has 0 unspecified atom stereocenters. The average molecular weight is 166 g/mol. The highest BCUT2D eigenvalue weighted by Gasteiger charge is 2.45. The molecule has 1 N–H and O–H groups in total. The van der Waals surface area contributed by atoms with Crippen LogP contribution in [0.4, 0.5) is 0 Å². The van der Waals surface area contributed by atoms with Crippen LogP contribution in [0.5, 0.6) is 0 Å². The Kier molecular flexibility index (Phi) is 1.55. The first-order valence-corrected chi connectivity index (χ1v) is 4.36. The highest BCUT2D eigenvalue weighted by molar-refractivity contribution is 5.34. The molecule has 1 fully saturated rings. The van der Waals surface area contributed by atoms with Crippen LogP contribution < -0.4 is 0 Å². The van der Waals surface area contributed by atoms with E-state index in [0.29, 0.717) is 0 Å². The lowest BCUT2D eigenvalue weighted by molar-refractivity contribution is 0.253. The third kappa shape index (κ3) is 0.985. The van der Waals surface area contributed by atoms with Crippen molar-refractivity contribution in [1.82, 2.24) is 0 Å². The van der Waals surface area contributed by atoms with Crippen LogP contribution in [0.25, 0.3) is 0 Å². The predicted octanol–water partition coefficient (Wildman–Crippen LogP) is 1.92. The Bertz CT molecular complexity index is 295. The molecule has 1 saturated carbocycles. The molecule has 2 rings (SSSR count). The lowest BCUT2D eigenvalue weighted by Crippen LogP contribution is -2.11. The fourth-order valence-corrected chi connectivity index (χ4v) is 1.82. The smallest absolute Gasteiger partial charge is 0.104 e. The summed E-state index contributed by atoms with van der Waals surface area (Å²) in [6, 6.07) is 2.05. The third-order valence-electron chi connectivity index (χ3n) is 2.77. The zero-order valence-electron chi connectivity index (χ0n) is 7.55. The van der Waals surface area contributed by atoms with Gasteiger partial charge in [0.15, 0.2) is 0 Å². The maximum absolute atomic E-state index is 9.20. The van der Waals surface area contributed by atoms with E-state index >= 15 is 0 Å². The van der Waals surface area contributed by atoms with Gasteiger partial charge in [0.25, 0.3) is 0 Å².